The van der Waals surface area contributed by atoms with Gasteiger partial charge in [0.15, 0.2) is 0 Å². The minimum absolute atomic E-state index is 0.0102. The van der Waals surface area contributed by atoms with Crippen molar-refractivity contribution < 1.29 is 14.3 Å². The molecule has 4 nitrogen and oxygen atoms in total. The largest absolute Gasteiger partial charge is 0.497 e. The highest BCUT2D eigenvalue weighted by Crippen LogP contribution is 2.51. The van der Waals surface area contributed by atoms with Crippen molar-refractivity contribution in [3.05, 3.63) is 29.3 Å². The summed E-state index contributed by atoms with van der Waals surface area (Å²) in [6, 6.07) is 7.03. The molecular weight excluding hydrogens is 278 g/mol. The molecule has 3 aliphatic heterocycles. The number of esters is 1. The maximum atomic E-state index is 12.3. The van der Waals surface area contributed by atoms with Crippen LogP contribution in [0.15, 0.2) is 18.2 Å². The second kappa shape index (κ2) is 4.72. The molecule has 0 saturated carbocycles. The minimum Gasteiger partial charge on any atom is -0.497 e. The van der Waals surface area contributed by atoms with E-state index in [0.717, 1.165) is 31.6 Å². The fourth-order valence-corrected chi connectivity index (χ4v) is 4.82. The Labute approximate surface area is 131 Å². The molecule has 2 saturated heterocycles. The van der Waals surface area contributed by atoms with Crippen LogP contribution in [0, 0.1) is 5.41 Å². The lowest BCUT2D eigenvalue weighted by molar-refractivity contribution is -0.149. The average Bonchev–Trinajstić information content (AvgIpc) is 2.76. The van der Waals surface area contributed by atoms with Crippen LogP contribution in [-0.2, 0) is 16.0 Å². The van der Waals surface area contributed by atoms with Crippen LogP contribution >= 0.6 is 0 Å². The third-order valence-corrected chi connectivity index (χ3v) is 5.90. The molecule has 0 amide bonds. The predicted molar refractivity (Wildman–Crippen MR) is 82.8 cm³/mol. The quantitative estimate of drug-likeness (QED) is 0.748. The van der Waals surface area contributed by atoms with Crippen molar-refractivity contribution in [1.29, 1.82) is 0 Å². The van der Waals surface area contributed by atoms with Gasteiger partial charge in [0.05, 0.1) is 18.6 Å². The van der Waals surface area contributed by atoms with Crippen LogP contribution in [0.2, 0.25) is 0 Å². The Balaban J connectivity index is 1.72. The van der Waals surface area contributed by atoms with E-state index in [1.807, 2.05) is 6.92 Å². The van der Waals surface area contributed by atoms with E-state index in [-0.39, 0.29) is 23.5 Å². The smallest absolute Gasteiger partial charge is 0.313 e. The van der Waals surface area contributed by atoms with Gasteiger partial charge in [-0.2, -0.15) is 0 Å². The van der Waals surface area contributed by atoms with Gasteiger partial charge in [-0.15, -0.1) is 0 Å². The van der Waals surface area contributed by atoms with Crippen LogP contribution in [0.5, 0.6) is 5.75 Å². The molecule has 0 unspecified atom stereocenters. The molecule has 0 aliphatic carbocycles. The average molecular weight is 301 g/mol. The van der Waals surface area contributed by atoms with Crippen LogP contribution in [-0.4, -0.2) is 36.7 Å². The summed E-state index contributed by atoms with van der Waals surface area (Å²) >= 11 is 0. The molecule has 1 aromatic carbocycles. The number of carbonyl (C=O) groups is 1. The molecule has 22 heavy (non-hydrogen) atoms. The van der Waals surface area contributed by atoms with E-state index in [0.29, 0.717) is 6.04 Å². The van der Waals surface area contributed by atoms with Crippen molar-refractivity contribution in [1.82, 2.24) is 4.90 Å². The maximum Gasteiger partial charge on any atom is 0.313 e. The number of cyclic esters (lactones) is 1. The zero-order chi connectivity index (χ0) is 15.5. The van der Waals surface area contributed by atoms with Crippen molar-refractivity contribution in [3.8, 4) is 5.75 Å². The van der Waals surface area contributed by atoms with Gasteiger partial charge < -0.3 is 9.47 Å². The maximum absolute atomic E-state index is 12.3. The molecule has 4 heteroatoms. The van der Waals surface area contributed by atoms with Crippen molar-refractivity contribution >= 4 is 5.97 Å². The van der Waals surface area contributed by atoms with Gasteiger partial charge >= 0.3 is 5.97 Å². The van der Waals surface area contributed by atoms with Gasteiger partial charge in [0.25, 0.3) is 0 Å². The van der Waals surface area contributed by atoms with Crippen molar-refractivity contribution in [3.63, 3.8) is 0 Å². The topological polar surface area (TPSA) is 38.8 Å². The molecule has 3 aliphatic rings. The normalized spacial score (nSPS) is 37.0. The Bertz CT molecular complexity index is 629. The number of hydrogen-bond acceptors (Lipinski definition) is 4. The molecule has 118 valence electrons. The standard InChI is InChI=1S/C18H23NO3/c1-11-16-18(2,17(20)22-11)8-6-15-14-5-4-13(21-3)10-12(14)7-9-19(15)16/h4-5,10-11,15-16H,6-9H2,1-3H3/t11-,15+,16+,18+/m0/s1. The number of rotatable bonds is 1. The number of hydrogen-bond donors (Lipinski definition) is 0. The summed E-state index contributed by atoms with van der Waals surface area (Å²) in [4.78, 5) is 14.8. The summed E-state index contributed by atoms with van der Waals surface area (Å²) in [7, 11) is 1.71. The van der Waals surface area contributed by atoms with Gasteiger partial charge in [0.1, 0.15) is 11.9 Å². The first kappa shape index (κ1) is 14.1. The van der Waals surface area contributed by atoms with E-state index in [9.17, 15) is 4.79 Å². The molecule has 4 atom stereocenters. The van der Waals surface area contributed by atoms with Crippen LogP contribution in [0.3, 0.4) is 0 Å². The second-order valence-electron chi connectivity index (χ2n) is 7.08. The molecule has 0 radical (unpaired) electrons. The summed E-state index contributed by atoms with van der Waals surface area (Å²) in [5, 5.41) is 0. The Morgan fingerprint density at radius 1 is 1.41 bits per heavy atom. The number of piperidine rings is 1. The van der Waals surface area contributed by atoms with E-state index >= 15 is 0 Å². The molecule has 0 bridgehead atoms. The molecule has 2 fully saturated rings. The minimum atomic E-state index is -0.333. The molecule has 1 aromatic rings. The van der Waals surface area contributed by atoms with Gasteiger partial charge in [-0.05, 0) is 56.4 Å². The zero-order valence-electron chi connectivity index (χ0n) is 13.5. The summed E-state index contributed by atoms with van der Waals surface area (Å²) < 4.78 is 10.9. The summed E-state index contributed by atoms with van der Waals surface area (Å²) in [5.41, 5.74) is 2.46. The number of carbonyl (C=O) groups excluding carboxylic acids is 1. The second-order valence-corrected chi connectivity index (χ2v) is 7.08. The lowest BCUT2D eigenvalue weighted by Gasteiger charge is -2.50. The van der Waals surface area contributed by atoms with Crippen molar-refractivity contribution in [2.24, 2.45) is 5.41 Å². The summed E-state index contributed by atoms with van der Waals surface area (Å²) in [6.45, 7) is 5.12. The zero-order valence-corrected chi connectivity index (χ0v) is 13.5. The van der Waals surface area contributed by atoms with E-state index in [1.165, 1.54) is 11.1 Å². The van der Waals surface area contributed by atoms with Crippen LogP contribution in [0.4, 0.5) is 0 Å². The SMILES string of the molecule is COc1ccc2c(c1)CCN1[C@@H]2CC[C@@]2(C)C(=O)O[C@@H](C)[C@@H]12. The highest BCUT2D eigenvalue weighted by atomic mass is 16.6. The number of ether oxygens (including phenoxy) is 2. The van der Waals surface area contributed by atoms with Gasteiger partial charge in [-0.1, -0.05) is 6.07 Å². The van der Waals surface area contributed by atoms with Crippen LogP contribution < -0.4 is 4.74 Å². The molecule has 0 spiro atoms. The van der Waals surface area contributed by atoms with E-state index in [2.05, 4.69) is 30.0 Å². The Morgan fingerprint density at radius 3 is 3.00 bits per heavy atom. The van der Waals surface area contributed by atoms with E-state index < -0.39 is 0 Å². The number of methoxy groups -OCH3 is 1. The first-order valence-corrected chi connectivity index (χ1v) is 8.18. The van der Waals surface area contributed by atoms with Crippen molar-refractivity contribution in [2.45, 2.75) is 51.3 Å². The molecular formula is C18H23NO3. The first-order chi connectivity index (χ1) is 10.5. The molecule has 3 heterocycles. The highest BCUT2D eigenvalue weighted by Gasteiger charge is 2.59. The van der Waals surface area contributed by atoms with Gasteiger partial charge in [0.2, 0.25) is 0 Å². The molecule has 0 aromatic heterocycles. The number of benzene rings is 1. The Hall–Kier alpha value is -1.55. The molecule has 0 N–H and O–H groups in total. The monoisotopic (exact) mass is 301 g/mol. The third-order valence-electron chi connectivity index (χ3n) is 5.90. The Kier molecular flexibility index (Phi) is 3.02. The fraction of sp³-hybridized carbons (Fsp3) is 0.611. The van der Waals surface area contributed by atoms with Crippen molar-refractivity contribution in [2.75, 3.05) is 13.7 Å². The summed E-state index contributed by atoms with van der Waals surface area (Å²) in [5.74, 6) is 0.921. The van der Waals surface area contributed by atoms with E-state index in [1.54, 1.807) is 7.11 Å². The lowest BCUT2D eigenvalue weighted by atomic mass is 9.70. The third kappa shape index (κ3) is 1.76. The van der Waals surface area contributed by atoms with Gasteiger partial charge in [0, 0.05) is 12.6 Å². The van der Waals surface area contributed by atoms with Crippen LogP contribution in [0.25, 0.3) is 0 Å². The van der Waals surface area contributed by atoms with Crippen LogP contribution in [0.1, 0.15) is 43.9 Å². The molecule has 4 rings (SSSR count). The number of nitrogens with zero attached hydrogens (tertiary/aromatic N) is 1. The highest BCUT2D eigenvalue weighted by molar-refractivity contribution is 5.80. The predicted octanol–water partition coefficient (Wildman–Crippen LogP) is 2.71. The first-order valence-electron chi connectivity index (χ1n) is 8.18. The fourth-order valence-electron chi connectivity index (χ4n) is 4.82. The lowest BCUT2D eigenvalue weighted by Crippen LogP contribution is -2.56. The van der Waals surface area contributed by atoms with Gasteiger partial charge in [-0.25, -0.2) is 0 Å². The summed E-state index contributed by atoms with van der Waals surface area (Å²) in [6.07, 6.45) is 2.93. The van der Waals surface area contributed by atoms with E-state index in [4.69, 9.17) is 9.47 Å². The Morgan fingerprint density at radius 2 is 2.23 bits per heavy atom. The number of fused-ring (bicyclic) bond motifs is 5. The van der Waals surface area contributed by atoms with Gasteiger partial charge in [-0.3, -0.25) is 9.69 Å².